The number of piperazine rings is 1. The average Bonchev–Trinajstić information content (AvgIpc) is 2.92. The number of amides is 2. The lowest BCUT2D eigenvalue weighted by Crippen LogP contribution is -2.49. The van der Waals surface area contributed by atoms with Crippen LogP contribution in [0.1, 0.15) is 25.3 Å². The number of benzene rings is 2. The second-order valence-corrected chi connectivity index (χ2v) is 8.93. The molecule has 12 nitrogen and oxygen atoms in total. The first kappa shape index (κ1) is 29.1. The number of nitrogens with zero attached hydrogens (tertiary/aromatic N) is 4. The summed E-state index contributed by atoms with van der Waals surface area (Å²) in [6.45, 7) is 8.37. The third-order valence-electron chi connectivity index (χ3n) is 6.14. The van der Waals surface area contributed by atoms with Gasteiger partial charge in [0, 0.05) is 43.3 Å². The van der Waals surface area contributed by atoms with E-state index in [1.807, 2.05) is 42.2 Å². The minimum Gasteiger partial charge on any atom is -0.494 e. The van der Waals surface area contributed by atoms with Gasteiger partial charge in [-0.05, 0) is 37.2 Å². The first-order valence-corrected chi connectivity index (χ1v) is 12.6. The van der Waals surface area contributed by atoms with Crippen molar-refractivity contribution in [2.75, 3.05) is 50.5 Å². The van der Waals surface area contributed by atoms with Crippen molar-refractivity contribution in [1.82, 2.24) is 19.8 Å². The number of hydrogen-bond acceptors (Lipinski definition) is 8. The molecule has 2 heterocycles. The van der Waals surface area contributed by atoms with Gasteiger partial charge >= 0.3 is 18.0 Å². The van der Waals surface area contributed by atoms with Crippen LogP contribution in [0.25, 0.3) is 10.9 Å². The number of carbonyl (C=O) groups is 3. The van der Waals surface area contributed by atoms with E-state index in [0.29, 0.717) is 30.3 Å². The second-order valence-electron chi connectivity index (χ2n) is 8.93. The fourth-order valence-corrected chi connectivity index (χ4v) is 3.98. The molecule has 2 aromatic carbocycles. The van der Waals surface area contributed by atoms with E-state index < -0.39 is 11.9 Å². The lowest BCUT2D eigenvalue weighted by molar-refractivity contribution is -0.143. The van der Waals surface area contributed by atoms with E-state index in [2.05, 4.69) is 38.5 Å². The summed E-state index contributed by atoms with van der Waals surface area (Å²) in [4.78, 5) is 45.1. The lowest BCUT2D eigenvalue weighted by Gasteiger charge is -2.34. The highest BCUT2D eigenvalue weighted by molar-refractivity contribution is 5.99. The van der Waals surface area contributed by atoms with Crippen molar-refractivity contribution in [3.63, 3.8) is 0 Å². The third-order valence-corrected chi connectivity index (χ3v) is 6.14. The maximum Gasteiger partial charge on any atom is 0.322 e. The summed E-state index contributed by atoms with van der Waals surface area (Å²) in [5, 5.41) is 23.0. The smallest absolute Gasteiger partial charge is 0.322 e. The van der Waals surface area contributed by atoms with Crippen LogP contribution >= 0.6 is 0 Å². The van der Waals surface area contributed by atoms with Crippen molar-refractivity contribution in [2.45, 2.75) is 26.7 Å². The van der Waals surface area contributed by atoms with Gasteiger partial charge in [0.05, 0.1) is 31.2 Å². The first-order chi connectivity index (χ1) is 18.7. The van der Waals surface area contributed by atoms with Crippen LogP contribution < -0.4 is 15.4 Å². The molecule has 0 atom stereocenters. The zero-order valence-corrected chi connectivity index (χ0v) is 22.3. The van der Waals surface area contributed by atoms with Crippen LogP contribution in [0.15, 0.2) is 42.7 Å². The lowest BCUT2D eigenvalue weighted by atomic mass is 10.1. The van der Waals surface area contributed by atoms with Gasteiger partial charge in [-0.3, -0.25) is 9.59 Å². The summed E-state index contributed by atoms with van der Waals surface area (Å²) >= 11 is 0. The molecule has 2 amide bonds. The number of anilines is 3. The van der Waals surface area contributed by atoms with E-state index in [4.69, 9.17) is 14.9 Å². The Balaban J connectivity index is 0.000000459. The van der Waals surface area contributed by atoms with Gasteiger partial charge in [-0.1, -0.05) is 19.1 Å². The zero-order chi connectivity index (χ0) is 28.4. The van der Waals surface area contributed by atoms with Crippen LogP contribution in [0.3, 0.4) is 0 Å². The number of urea groups is 1. The third kappa shape index (κ3) is 8.54. The molecular formula is C27H34N6O6. The molecule has 0 spiro atoms. The fraction of sp³-hybridized carbons (Fsp3) is 0.370. The Morgan fingerprint density at radius 3 is 2.28 bits per heavy atom. The van der Waals surface area contributed by atoms with Crippen molar-refractivity contribution in [3.8, 4) is 5.75 Å². The Hall–Kier alpha value is -4.45. The molecule has 39 heavy (non-hydrogen) atoms. The summed E-state index contributed by atoms with van der Waals surface area (Å²) < 4.78 is 5.53. The van der Waals surface area contributed by atoms with Gasteiger partial charge < -0.3 is 35.4 Å². The van der Waals surface area contributed by atoms with Crippen molar-refractivity contribution in [2.24, 2.45) is 0 Å². The first-order valence-electron chi connectivity index (χ1n) is 12.6. The number of carboxylic acid groups (broad SMARTS) is 2. The molecular weight excluding hydrogens is 504 g/mol. The van der Waals surface area contributed by atoms with E-state index in [1.54, 1.807) is 7.11 Å². The summed E-state index contributed by atoms with van der Waals surface area (Å²) in [7, 11) is 1.59. The number of aryl methyl sites for hydroxylation is 1. The second kappa shape index (κ2) is 13.9. The number of carbonyl (C=O) groups excluding carboxylic acids is 1. The molecule has 1 aromatic heterocycles. The summed E-state index contributed by atoms with van der Waals surface area (Å²) in [5.41, 5.74) is 3.42. The number of carboxylic acids is 2. The average molecular weight is 539 g/mol. The molecule has 0 unspecified atom stereocenters. The highest BCUT2D eigenvalue weighted by Crippen LogP contribution is 2.33. The highest BCUT2D eigenvalue weighted by atomic mass is 16.5. The summed E-state index contributed by atoms with van der Waals surface area (Å²) in [5.74, 6) is -0.918. The molecule has 0 bridgehead atoms. The Morgan fingerprint density at radius 2 is 1.69 bits per heavy atom. The Labute approximate surface area is 226 Å². The molecule has 1 saturated heterocycles. The minimum atomic E-state index is -1.08. The highest BCUT2D eigenvalue weighted by Gasteiger charge is 2.21. The van der Waals surface area contributed by atoms with E-state index in [-0.39, 0.29) is 18.9 Å². The maximum absolute atomic E-state index is 12.9. The minimum absolute atomic E-state index is 0.126. The number of aromatic nitrogens is 2. The number of rotatable bonds is 8. The van der Waals surface area contributed by atoms with Crippen molar-refractivity contribution >= 4 is 46.1 Å². The van der Waals surface area contributed by atoms with E-state index in [0.717, 1.165) is 41.8 Å². The van der Waals surface area contributed by atoms with Gasteiger partial charge in [0.15, 0.2) is 0 Å². The number of methoxy groups -OCH3 is 1. The molecule has 1 aliphatic heterocycles. The van der Waals surface area contributed by atoms with Crippen LogP contribution in [0.2, 0.25) is 0 Å². The number of hydrogen-bond donors (Lipinski definition) is 4. The zero-order valence-electron chi connectivity index (χ0n) is 22.3. The van der Waals surface area contributed by atoms with Crippen LogP contribution in [0.4, 0.5) is 22.0 Å². The summed E-state index contributed by atoms with van der Waals surface area (Å²) in [6, 6.07) is 11.6. The van der Waals surface area contributed by atoms with Crippen LogP contribution in [0, 0.1) is 6.92 Å². The number of likely N-dealkylation sites (N-methyl/N-ethyl adjacent to an activating group) is 1. The molecule has 3 aromatic rings. The number of aliphatic carboxylic acids is 2. The molecule has 12 heteroatoms. The monoisotopic (exact) mass is 538 g/mol. The van der Waals surface area contributed by atoms with Crippen LogP contribution in [0.5, 0.6) is 5.75 Å². The maximum atomic E-state index is 12.9. The number of ether oxygens (including phenoxy) is 1. The van der Waals surface area contributed by atoms with Gasteiger partial charge in [-0.15, -0.1) is 0 Å². The quantitative estimate of drug-likeness (QED) is 0.332. The Kier molecular flexibility index (Phi) is 10.4. The SMILES string of the molecule is CCN1CCN(C(=O)Nc2cc3c(Nc4cccc(C)c4)ncnc3cc2OC)CC1.O=C(O)CCC(=O)O. The molecule has 1 aliphatic rings. The van der Waals surface area contributed by atoms with Crippen molar-refractivity contribution in [3.05, 3.63) is 48.3 Å². The molecule has 208 valence electrons. The topological polar surface area (TPSA) is 157 Å². The van der Waals surface area contributed by atoms with E-state index in [1.165, 1.54) is 6.33 Å². The van der Waals surface area contributed by atoms with E-state index >= 15 is 0 Å². The van der Waals surface area contributed by atoms with Gasteiger partial charge in [0.1, 0.15) is 17.9 Å². The van der Waals surface area contributed by atoms with Crippen LogP contribution in [-0.4, -0.2) is 87.8 Å². The fourth-order valence-electron chi connectivity index (χ4n) is 3.98. The summed E-state index contributed by atoms with van der Waals surface area (Å²) in [6.07, 6.45) is 0.927. The normalized spacial score (nSPS) is 13.3. The van der Waals surface area contributed by atoms with Gasteiger partial charge in [-0.2, -0.15) is 0 Å². The van der Waals surface area contributed by atoms with Crippen molar-refractivity contribution in [1.29, 1.82) is 0 Å². The molecule has 4 N–H and O–H groups in total. The van der Waals surface area contributed by atoms with Crippen LogP contribution in [-0.2, 0) is 9.59 Å². The Morgan fingerprint density at radius 1 is 1.00 bits per heavy atom. The standard InChI is InChI=1S/C23H28N6O2.C4H6O4/c1-4-28-8-10-29(11-9-28)23(30)27-20-13-18-19(14-21(20)31-3)24-15-25-22(18)26-17-7-5-6-16(2)12-17;5-3(6)1-2-4(7)8/h5-7,12-15H,4,8-11H2,1-3H3,(H,27,30)(H,24,25,26);1-2H2,(H,5,6)(H,7,8). The number of nitrogens with one attached hydrogen (secondary N) is 2. The Bertz CT molecular complexity index is 1300. The number of fused-ring (bicyclic) bond motifs is 1. The predicted octanol–water partition coefficient (Wildman–Crippen LogP) is 3.80. The van der Waals surface area contributed by atoms with E-state index in [9.17, 15) is 14.4 Å². The van der Waals surface area contributed by atoms with Gasteiger partial charge in [0.2, 0.25) is 0 Å². The molecule has 0 aliphatic carbocycles. The van der Waals surface area contributed by atoms with Gasteiger partial charge in [0.25, 0.3) is 0 Å². The molecule has 1 fully saturated rings. The largest absolute Gasteiger partial charge is 0.494 e. The predicted molar refractivity (Wildman–Crippen MR) is 148 cm³/mol. The molecule has 0 radical (unpaired) electrons. The van der Waals surface area contributed by atoms with Crippen molar-refractivity contribution < 1.29 is 29.3 Å². The molecule has 4 rings (SSSR count). The van der Waals surface area contributed by atoms with Gasteiger partial charge in [-0.25, -0.2) is 14.8 Å². The molecule has 0 saturated carbocycles.